The highest BCUT2D eigenvalue weighted by Gasteiger charge is 2.35. The summed E-state index contributed by atoms with van der Waals surface area (Å²) in [5, 5.41) is 10.4. The van der Waals surface area contributed by atoms with E-state index in [0.29, 0.717) is 12.8 Å². The molecule has 0 amide bonds. The molecule has 1 heterocycles. The number of hydrogen-bond donors (Lipinski definition) is 0. The van der Waals surface area contributed by atoms with Crippen molar-refractivity contribution in [1.82, 2.24) is 9.55 Å². The highest BCUT2D eigenvalue weighted by Crippen LogP contribution is 2.38. The van der Waals surface area contributed by atoms with Gasteiger partial charge in [0, 0.05) is 18.9 Å². The maximum absolute atomic E-state index is 12.9. The summed E-state index contributed by atoms with van der Waals surface area (Å²) in [7, 11) is 0. The van der Waals surface area contributed by atoms with Crippen LogP contribution in [0, 0.1) is 10.1 Å². The van der Waals surface area contributed by atoms with Gasteiger partial charge >= 0.3 is 5.82 Å². The van der Waals surface area contributed by atoms with Gasteiger partial charge in [0.2, 0.25) is 12.2 Å². The summed E-state index contributed by atoms with van der Waals surface area (Å²) in [6.07, 6.45) is 2.98. The average molecular weight is 231 g/mol. The van der Waals surface area contributed by atoms with E-state index in [9.17, 15) is 18.9 Å². The first-order valence-corrected chi connectivity index (χ1v) is 5.04. The van der Waals surface area contributed by atoms with Crippen LogP contribution in [0.25, 0.3) is 0 Å². The van der Waals surface area contributed by atoms with Crippen molar-refractivity contribution in [3.8, 4) is 0 Å². The number of aromatic nitrogens is 2. The minimum atomic E-state index is -2.58. The third-order valence-corrected chi connectivity index (χ3v) is 2.88. The van der Waals surface area contributed by atoms with Crippen LogP contribution in [0.5, 0.6) is 0 Å². The van der Waals surface area contributed by atoms with Crippen molar-refractivity contribution in [2.24, 2.45) is 0 Å². The molecule has 1 aliphatic rings. The van der Waals surface area contributed by atoms with Crippen molar-refractivity contribution in [2.75, 3.05) is 0 Å². The zero-order chi connectivity index (χ0) is 11.8. The van der Waals surface area contributed by atoms with Crippen LogP contribution in [0.4, 0.5) is 14.6 Å². The molecule has 16 heavy (non-hydrogen) atoms. The van der Waals surface area contributed by atoms with Gasteiger partial charge in [-0.15, -0.1) is 0 Å². The molecule has 0 unspecified atom stereocenters. The largest absolute Gasteiger partial charge is 0.381 e. The van der Waals surface area contributed by atoms with Gasteiger partial charge in [0.1, 0.15) is 6.20 Å². The Labute approximate surface area is 90.2 Å². The van der Waals surface area contributed by atoms with Crippen LogP contribution >= 0.6 is 0 Å². The number of nitro groups is 1. The predicted octanol–water partition coefficient (Wildman–Crippen LogP) is 2.54. The molecule has 0 N–H and O–H groups in total. The molecule has 5 nitrogen and oxygen atoms in total. The van der Waals surface area contributed by atoms with Crippen molar-refractivity contribution in [1.29, 1.82) is 0 Å². The smallest absolute Gasteiger partial charge is 0.358 e. The highest BCUT2D eigenvalue weighted by atomic mass is 19.3. The summed E-state index contributed by atoms with van der Waals surface area (Å²) in [5.74, 6) is -2.82. The van der Waals surface area contributed by atoms with Gasteiger partial charge < -0.3 is 14.7 Å². The number of rotatable bonds is 2. The summed E-state index contributed by atoms with van der Waals surface area (Å²) in [4.78, 5) is 13.4. The molecule has 0 radical (unpaired) electrons. The Balaban J connectivity index is 2.05. The second kappa shape index (κ2) is 3.80. The molecule has 7 heteroatoms. The first-order chi connectivity index (χ1) is 7.48. The Morgan fingerprint density at radius 3 is 2.62 bits per heavy atom. The Morgan fingerprint density at radius 2 is 2.12 bits per heavy atom. The lowest BCUT2D eigenvalue weighted by Gasteiger charge is -2.28. The van der Waals surface area contributed by atoms with Gasteiger partial charge in [-0.3, -0.25) is 0 Å². The summed E-state index contributed by atoms with van der Waals surface area (Å²) in [6.45, 7) is 0. The predicted molar refractivity (Wildman–Crippen MR) is 51.3 cm³/mol. The molecule has 0 aromatic carbocycles. The van der Waals surface area contributed by atoms with Crippen molar-refractivity contribution >= 4 is 5.82 Å². The molecule has 1 saturated carbocycles. The molecule has 0 aliphatic heterocycles. The Hall–Kier alpha value is -1.53. The summed E-state index contributed by atoms with van der Waals surface area (Å²) < 4.78 is 27.4. The SMILES string of the molecule is O=[N+]([O-])c1cn(C2CCC(F)(F)CC2)cn1. The third-order valence-electron chi connectivity index (χ3n) is 2.88. The van der Waals surface area contributed by atoms with E-state index in [4.69, 9.17) is 0 Å². The second-order valence-electron chi connectivity index (χ2n) is 4.02. The van der Waals surface area contributed by atoms with E-state index in [1.807, 2.05) is 0 Å². The fraction of sp³-hybridized carbons (Fsp3) is 0.667. The van der Waals surface area contributed by atoms with Gasteiger partial charge in [-0.05, 0) is 22.7 Å². The van der Waals surface area contributed by atoms with Gasteiger partial charge in [-0.25, -0.2) is 8.78 Å². The monoisotopic (exact) mass is 231 g/mol. The highest BCUT2D eigenvalue weighted by molar-refractivity contribution is 5.13. The molecule has 1 fully saturated rings. The van der Waals surface area contributed by atoms with Crippen LogP contribution < -0.4 is 0 Å². The molecule has 0 bridgehead atoms. The number of hydrogen-bond acceptors (Lipinski definition) is 3. The summed E-state index contributed by atoms with van der Waals surface area (Å²) in [5.41, 5.74) is 0. The number of imidazole rings is 1. The van der Waals surface area contributed by atoms with E-state index in [1.165, 1.54) is 12.5 Å². The average Bonchev–Trinajstić information content (AvgIpc) is 2.66. The quantitative estimate of drug-likeness (QED) is 0.580. The second-order valence-corrected chi connectivity index (χ2v) is 4.02. The van der Waals surface area contributed by atoms with Crippen molar-refractivity contribution < 1.29 is 13.7 Å². The first-order valence-electron chi connectivity index (χ1n) is 5.04. The molecule has 1 aliphatic carbocycles. The Morgan fingerprint density at radius 1 is 1.50 bits per heavy atom. The lowest BCUT2D eigenvalue weighted by molar-refractivity contribution is -0.389. The number of halogens is 2. The van der Waals surface area contributed by atoms with E-state index in [2.05, 4.69) is 4.98 Å². The van der Waals surface area contributed by atoms with Crippen LogP contribution in [0.2, 0.25) is 0 Å². The van der Waals surface area contributed by atoms with Crippen LogP contribution in [-0.2, 0) is 0 Å². The minimum Gasteiger partial charge on any atom is -0.358 e. The van der Waals surface area contributed by atoms with E-state index in [1.54, 1.807) is 4.57 Å². The maximum atomic E-state index is 12.9. The zero-order valence-electron chi connectivity index (χ0n) is 8.47. The summed E-state index contributed by atoms with van der Waals surface area (Å²) in [6, 6.07) is -0.0965. The fourth-order valence-electron chi connectivity index (χ4n) is 1.94. The number of alkyl halides is 2. The van der Waals surface area contributed by atoms with Crippen molar-refractivity contribution in [3.63, 3.8) is 0 Å². The lowest BCUT2D eigenvalue weighted by Crippen LogP contribution is -2.25. The maximum Gasteiger partial charge on any atom is 0.381 e. The van der Waals surface area contributed by atoms with E-state index < -0.39 is 10.8 Å². The molecule has 88 valence electrons. The molecular weight excluding hydrogens is 220 g/mol. The topological polar surface area (TPSA) is 61.0 Å². The van der Waals surface area contributed by atoms with Gasteiger partial charge in [-0.1, -0.05) is 0 Å². The number of nitrogens with zero attached hydrogens (tertiary/aromatic N) is 3. The van der Waals surface area contributed by atoms with E-state index in [0.717, 1.165) is 0 Å². The standard InChI is InChI=1S/C9H11F2N3O2/c10-9(11)3-1-7(2-4-9)13-5-8(12-6-13)14(15)16/h5-7H,1-4H2. The molecule has 2 rings (SSSR count). The normalized spacial score (nSPS) is 20.9. The first kappa shape index (κ1) is 11.0. The van der Waals surface area contributed by atoms with E-state index >= 15 is 0 Å². The van der Waals surface area contributed by atoms with Gasteiger partial charge in [0.25, 0.3) is 0 Å². The van der Waals surface area contributed by atoms with Gasteiger partial charge in [0.15, 0.2) is 0 Å². The van der Waals surface area contributed by atoms with E-state index in [-0.39, 0.29) is 24.7 Å². The molecule has 0 saturated heterocycles. The molecule has 1 aromatic rings. The minimum absolute atomic E-state index is 0.0965. The molecular formula is C9H11F2N3O2. The Kier molecular flexibility index (Phi) is 2.61. The van der Waals surface area contributed by atoms with Gasteiger partial charge in [0.05, 0.1) is 0 Å². The fourth-order valence-corrected chi connectivity index (χ4v) is 1.94. The van der Waals surface area contributed by atoms with Gasteiger partial charge in [-0.2, -0.15) is 0 Å². The van der Waals surface area contributed by atoms with Crippen LogP contribution in [0.15, 0.2) is 12.5 Å². The van der Waals surface area contributed by atoms with Crippen LogP contribution in [0.1, 0.15) is 31.7 Å². The summed E-state index contributed by atoms with van der Waals surface area (Å²) >= 11 is 0. The van der Waals surface area contributed by atoms with Crippen molar-refractivity contribution in [2.45, 2.75) is 37.6 Å². The molecule has 0 spiro atoms. The lowest BCUT2D eigenvalue weighted by atomic mass is 9.92. The van der Waals surface area contributed by atoms with Crippen LogP contribution in [-0.4, -0.2) is 20.4 Å². The van der Waals surface area contributed by atoms with Crippen molar-refractivity contribution in [3.05, 3.63) is 22.6 Å². The third kappa shape index (κ3) is 2.17. The zero-order valence-corrected chi connectivity index (χ0v) is 8.47. The van der Waals surface area contributed by atoms with Crippen LogP contribution in [0.3, 0.4) is 0 Å². The molecule has 0 atom stereocenters. The molecule has 1 aromatic heterocycles. The Bertz CT molecular complexity index is 395.